The van der Waals surface area contributed by atoms with Crippen LogP contribution in [0.4, 0.5) is 10.8 Å². The fraction of sp³-hybridized carbons (Fsp3) is 0.357. The quantitative estimate of drug-likeness (QED) is 0.915. The molecular formula is C14H17N3OS. The van der Waals surface area contributed by atoms with E-state index in [-0.39, 0.29) is 0 Å². The molecule has 0 atom stereocenters. The number of ether oxygens (including phenoxy) is 1. The monoisotopic (exact) mass is 275 g/mol. The van der Waals surface area contributed by atoms with E-state index in [1.54, 1.807) is 0 Å². The first kappa shape index (κ1) is 12.3. The van der Waals surface area contributed by atoms with Gasteiger partial charge in [0.2, 0.25) is 0 Å². The Morgan fingerprint density at radius 3 is 3.00 bits per heavy atom. The number of nitrogens with zero attached hydrogens (tertiary/aromatic N) is 2. The van der Waals surface area contributed by atoms with Crippen molar-refractivity contribution in [3.05, 3.63) is 23.1 Å². The van der Waals surface area contributed by atoms with Crippen LogP contribution in [0.1, 0.15) is 11.8 Å². The van der Waals surface area contributed by atoms with E-state index in [4.69, 9.17) is 10.5 Å². The summed E-state index contributed by atoms with van der Waals surface area (Å²) in [7, 11) is 0. The van der Waals surface area contributed by atoms with Gasteiger partial charge in [0.1, 0.15) is 12.4 Å². The average Bonchev–Trinajstić information content (AvgIpc) is 2.76. The van der Waals surface area contributed by atoms with Crippen LogP contribution in [0.2, 0.25) is 0 Å². The number of likely N-dealkylation sites (N-methyl/N-ethyl adjacent to an activating group) is 1. The molecule has 0 spiro atoms. The highest BCUT2D eigenvalue weighted by molar-refractivity contribution is 7.15. The van der Waals surface area contributed by atoms with Gasteiger partial charge in [-0.05, 0) is 32.0 Å². The minimum absolute atomic E-state index is 0.619. The Morgan fingerprint density at radius 2 is 2.32 bits per heavy atom. The maximum Gasteiger partial charge on any atom is 0.180 e. The number of thiazole rings is 1. The summed E-state index contributed by atoms with van der Waals surface area (Å²) in [6, 6.07) is 6.24. The molecule has 1 aromatic carbocycles. The molecule has 19 heavy (non-hydrogen) atoms. The molecule has 2 aromatic rings. The molecule has 0 aliphatic carbocycles. The second kappa shape index (κ2) is 4.74. The topological polar surface area (TPSA) is 51.4 Å². The van der Waals surface area contributed by atoms with Crippen molar-refractivity contribution in [2.45, 2.75) is 13.8 Å². The van der Waals surface area contributed by atoms with Gasteiger partial charge in [0.25, 0.3) is 0 Å². The van der Waals surface area contributed by atoms with Gasteiger partial charge in [-0.15, -0.1) is 11.3 Å². The number of hydrogen-bond acceptors (Lipinski definition) is 5. The van der Waals surface area contributed by atoms with E-state index >= 15 is 0 Å². The van der Waals surface area contributed by atoms with Gasteiger partial charge in [0, 0.05) is 17.0 Å². The molecule has 100 valence electrons. The number of hydrogen-bond donors (Lipinski definition) is 1. The summed E-state index contributed by atoms with van der Waals surface area (Å²) >= 11 is 1.53. The zero-order chi connectivity index (χ0) is 13.4. The predicted octanol–water partition coefficient (Wildman–Crippen LogP) is 2.92. The highest BCUT2D eigenvalue weighted by atomic mass is 32.1. The molecule has 1 aromatic heterocycles. The lowest BCUT2D eigenvalue weighted by molar-refractivity contribution is 0.308. The van der Waals surface area contributed by atoms with Crippen LogP contribution in [-0.2, 0) is 0 Å². The fourth-order valence-electron chi connectivity index (χ4n) is 2.43. The van der Waals surface area contributed by atoms with E-state index in [9.17, 15) is 0 Å². The third kappa shape index (κ3) is 2.14. The predicted molar refractivity (Wildman–Crippen MR) is 80.1 cm³/mol. The van der Waals surface area contributed by atoms with E-state index in [1.807, 2.05) is 6.07 Å². The molecule has 1 aliphatic heterocycles. The zero-order valence-electron chi connectivity index (χ0n) is 11.1. The maximum atomic E-state index is 5.78. The maximum absolute atomic E-state index is 5.78. The van der Waals surface area contributed by atoms with Crippen molar-refractivity contribution >= 4 is 22.2 Å². The van der Waals surface area contributed by atoms with Crippen molar-refractivity contribution < 1.29 is 4.74 Å². The third-order valence-corrected chi connectivity index (χ3v) is 4.19. The van der Waals surface area contributed by atoms with Gasteiger partial charge in [0.05, 0.1) is 17.9 Å². The summed E-state index contributed by atoms with van der Waals surface area (Å²) < 4.78 is 5.70. The van der Waals surface area contributed by atoms with Crippen molar-refractivity contribution in [3.63, 3.8) is 0 Å². The van der Waals surface area contributed by atoms with Crippen LogP contribution in [0, 0.1) is 6.92 Å². The van der Waals surface area contributed by atoms with Gasteiger partial charge in [-0.2, -0.15) is 0 Å². The number of nitrogen functional groups attached to an aromatic ring is 1. The van der Waals surface area contributed by atoms with Crippen LogP contribution in [0.5, 0.6) is 5.75 Å². The molecule has 0 saturated heterocycles. The van der Waals surface area contributed by atoms with E-state index in [1.165, 1.54) is 11.3 Å². The number of aromatic nitrogens is 1. The molecule has 0 radical (unpaired) electrons. The fourth-order valence-corrected chi connectivity index (χ4v) is 3.14. The Bertz CT molecular complexity index is 609. The molecular weight excluding hydrogens is 258 g/mol. The number of nitrogens with two attached hydrogens (primary N) is 1. The van der Waals surface area contributed by atoms with Gasteiger partial charge in [-0.1, -0.05) is 0 Å². The van der Waals surface area contributed by atoms with Crippen LogP contribution in [0.15, 0.2) is 18.2 Å². The van der Waals surface area contributed by atoms with Crippen LogP contribution < -0.4 is 15.4 Å². The first-order chi connectivity index (χ1) is 9.19. The van der Waals surface area contributed by atoms with E-state index in [2.05, 4.69) is 35.9 Å². The number of benzene rings is 1. The van der Waals surface area contributed by atoms with Crippen molar-refractivity contribution in [2.24, 2.45) is 0 Å². The van der Waals surface area contributed by atoms with Crippen molar-refractivity contribution in [2.75, 3.05) is 30.3 Å². The first-order valence-electron chi connectivity index (χ1n) is 6.44. The molecule has 0 saturated carbocycles. The van der Waals surface area contributed by atoms with Gasteiger partial charge in [-0.3, -0.25) is 0 Å². The summed E-state index contributed by atoms with van der Waals surface area (Å²) in [5, 5.41) is 0.619. The Morgan fingerprint density at radius 1 is 1.47 bits per heavy atom. The lowest BCUT2D eigenvalue weighted by Gasteiger charge is -2.30. The van der Waals surface area contributed by atoms with Crippen LogP contribution >= 0.6 is 11.3 Å². The Hall–Kier alpha value is -1.75. The Balaban J connectivity index is 2.07. The second-order valence-electron chi connectivity index (χ2n) is 4.57. The number of fused-ring (bicyclic) bond motifs is 1. The minimum Gasteiger partial charge on any atom is -0.490 e. The van der Waals surface area contributed by atoms with Gasteiger partial charge in [0.15, 0.2) is 5.13 Å². The van der Waals surface area contributed by atoms with E-state index < -0.39 is 0 Å². The summed E-state index contributed by atoms with van der Waals surface area (Å²) in [6.07, 6.45) is 0. The molecule has 0 amide bonds. The molecule has 0 fully saturated rings. The number of anilines is 2. The Labute approximate surface area is 116 Å². The van der Waals surface area contributed by atoms with E-state index in [0.717, 1.165) is 47.3 Å². The van der Waals surface area contributed by atoms with Crippen molar-refractivity contribution in [1.29, 1.82) is 0 Å². The second-order valence-corrected chi connectivity index (χ2v) is 5.80. The number of aryl methyl sites for hydroxylation is 1. The zero-order valence-corrected chi connectivity index (χ0v) is 12.0. The van der Waals surface area contributed by atoms with Crippen LogP contribution in [0.25, 0.3) is 11.3 Å². The molecule has 0 unspecified atom stereocenters. The summed E-state index contributed by atoms with van der Waals surface area (Å²) in [6.45, 7) is 6.89. The number of rotatable bonds is 2. The molecule has 5 heteroatoms. The van der Waals surface area contributed by atoms with Crippen molar-refractivity contribution in [1.82, 2.24) is 4.98 Å². The summed E-state index contributed by atoms with van der Waals surface area (Å²) in [4.78, 5) is 7.89. The SMILES string of the molecule is CCN1CCOc2ccc(-c3nc(N)sc3C)cc21. The van der Waals surface area contributed by atoms with Gasteiger partial charge in [-0.25, -0.2) is 4.98 Å². The molecule has 4 nitrogen and oxygen atoms in total. The lowest BCUT2D eigenvalue weighted by Crippen LogP contribution is -2.32. The highest BCUT2D eigenvalue weighted by Crippen LogP contribution is 2.37. The highest BCUT2D eigenvalue weighted by Gasteiger charge is 2.18. The molecule has 2 heterocycles. The van der Waals surface area contributed by atoms with Gasteiger partial charge < -0.3 is 15.4 Å². The Kier molecular flexibility index (Phi) is 3.06. The van der Waals surface area contributed by atoms with Crippen LogP contribution in [-0.4, -0.2) is 24.7 Å². The largest absolute Gasteiger partial charge is 0.490 e. The summed E-state index contributed by atoms with van der Waals surface area (Å²) in [5.74, 6) is 0.956. The van der Waals surface area contributed by atoms with Gasteiger partial charge >= 0.3 is 0 Å². The molecule has 2 N–H and O–H groups in total. The standard InChI is InChI=1S/C14H17N3OS/c1-3-17-6-7-18-12-5-4-10(8-11(12)17)13-9(2)19-14(15)16-13/h4-5,8H,3,6-7H2,1-2H3,(H2,15,16). The third-order valence-electron chi connectivity index (χ3n) is 3.39. The average molecular weight is 275 g/mol. The van der Waals surface area contributed by atoms with Crippen molar-refractivity contribution in [3.8, 4) is 17.0 Å². The first-order valence-corrected chi connectivity index (χ1v) is 7.25. The molecule has 3 rings (SSSR count). The van der Waals surface area contributed by atoms with E-state index in [0.29, 0.717) is 5.13 Å². The minimum atomic E-state index is 0.619. The molecule has 1 aliphatic rings. The summed E-state index contributed by atoms with van der Waals surface area (Å²) in [5.41, 5.74) is 9.01. The van der Waals surface area contributed by atoms with Crippen LogP contribution in [0.3, 0.4) is 0 Å². The normalized spacial score (nSPS) is 14.1. The molecule has 0 bridgehead atoms. The lowest BCUT2D eigenvalue weighted by atomic mass is 10.1. The smallest absolute Gasteiger partial charge is 0.180 e.